The van der Waals surface area contributed by atoms with E-state index in [1.807, 2.05) is 21.9 Å². The van der Waals surface area contributed by atoms with Crippen LogP contribution in [0.15, 0.2) is 84.9 Å². The number of fused-ring (bicyclic) bond motifs is 10. The van der Waals surface area contributed by atoms with Crippen LogP contribution in [-0.2, 0) is 9.59 Å². The number of hydrogen-bond donors (Lipinski definition) is 0. The molecule has 4 aliphatic heterocycles. The van der Waals surface area contributed by atoms with Gasteiger partial charge in [-0.15, -0.1) is 23.5 Å². The summed E-state index contributed by atoms with van der Waals surface area (Å²) in [6.45, 7) is 8.76. The molecule has 2 saturated heterocycles. The highest BCUT2D eigenvalue weighted by molar-refractivity contribution is 8.01. The van der Waals surface area contributed by atoms with Crippen molar-refractivity contribution >= 4 is 46.7 Å². The van der Waals surface area contributed by atoms with Crippen molar-refractivity contribution in [2.24, 2.45) is 0 Å². The minimum atomic E-state index is 0.126. The van der Waals surface area contributed by atoms with E-state index in [2.05, 4.69) is 100 Å². The minimum absolute atomic E-state index is 0.126. The lowest BCUT2D eigenvalue weighted by Crippen LogP contribution is -2.27. The van der Waals surface area contributed by atoms with Crippen LogP contribution in [0, 0.1) is 13.8 Å². The van der Waals surface area contributed by atoms with E-state index < -0.39 is 0 Å². The van der Waals surface area contributed by atoms with E-state index in [1.54, 1.807) is 23.5 Å². The van der Waals surface area contributed by atoms with E-state index in [0.717, 1.165) is 24.2 Å². The number of para-hydroxylation sites is 2. The van der Waals surface area contributed by atoms with Gasteiger partial charge in [-0.05, 0) is 72.2 Å². The summed E-state index contributed by atoms with van der Waals surface area (Å²) < 4.78 is 0. The monoisotopic (exact) mass is 618 g/mol. The summed E-state index contributed by atoms with van der Waals surface area (Å²) in [7, 11) is 0. The van der Waals surface area contributed by atoms with Crippen LogP contribution in [0.4, 0.5) is 11.4 Å². The number of hydrogen-bond acceptors (Lipinski definition) is 4. The smallest absolute Gasteiger partial charge is 0.238 e. The molecule has 2 fully saturated rings. The predicted octanol–water partition coefficient (Wildman–Crippen LogP) is 9.26. The third-order valence-corrected chi connectivity index (χ3v) is 11.9. The maximum atomic E-state index is 12.5. The highest BCUT2D eigenvalue weighted by Crippen LogP contribution is 2.52. The number of amides is 2. The topological polar surface area (TPSA) is 40.6 Å². The molecule has 2 amide bonds. The molecule has 8 rings (SSSR count). The fourth-order valence-corrected chi connectivity index (χ4v) is 9.92. The first-order chi connectivity index (χ1) is 21.4. The van der Waals surface area contributed by atoms with Gasteiger partial charge in [0.1, 0.15) is 10.7 Å². The Labute approximate surface area is 269 Å². The fourth-order valence-electron chi connectivity index (χ4n) is 7.49. The van der Waals surface area contributed by atoms with Gasteiger partial charge in [0.25, 0.3) is 0 Å². The zero-order valence-corrected chi connectivity index (χ0v) is 27.4. The Morgan fingerprint density at radius 1 is 0.568 bits per heavy atom. The van der Waals surface area contributed by atoms with Crippen molar-refractivity contribution in [1.29, 1.82) is 0 Å². The van der Waals surface area contributed by atoms with Crippen LogP contribution in [0.5, 0.6) is 0 Å². The summed E-state index contributed by atoms with van der Waals surface area (Å²) in [5, 5.41) is 0.251. The molecule has 44 heavy (non-hydrogen) atoms. The van der Waals surface area contributed by atoms with Gasteiger partial charge >= 0.3 is 0 Å². The van der Waals surface area contributed by atoms with Crippen molar-refractivity contribution in [1.82, 2.24) is 0 Å². The Hall–Kier alpha value is -3.48. The predicted molar refractivity (Wildman–Crippen MR) is 185 cm³/mol. The second kappa shape index (κ2) is 11.8. The molecule has 0 aromatic heterocycles. The van der Waals surface area contributed by atoms with Gasteiger partial charge in [-0.25, -0.2) is 0 Å². The zero-order valence-electron chi connectivity index (χ0n) is 25.7. The summed E-state index contributed by atoms with van der Waals surface area (Å²) in [6.07, 6.45) is 2.10. The van der Waals surface area contributed by atoms with Crippen LogP contribution in [0.3, 0.4) is 0 Å². The third kappa shape index (κ3) is 4.78. The number of rotatable bonds is 2. The normalized spacial score (nSPS) is 22.8. The van der Waals surface area contributed by atoms with Crippen LogP contribution in [0.1, 0.15) is 93.8 Å². The van der Waals surface area contributed by atoms with Gasteiger partial charge in [0.2, 0.25) is 11.8 Å². The average molecular weight is 619 g/mol. The standard InChI is InChI=1S/2C19H19NOS/c2*1-3-13-14-6-4-5-7-17(14)20-18(21)11-22-19(20)15-9-8-12(2)10-16(13)15/h2*4-10,13,19H,3,11H2,1-2H3/t2*13-,19+/m10/s1. The van der Waals surface area contributed by atoms with Crippen molar-refractivity contribution in [3.05, 3.63) is 129 Å². The highest BCUT2D eigenvalue weighted by atomic mass is 32.2. The summed E-state index contributed by atoms with van der Waals surface area (Å²) >= 11 is 3.50. The average Bonchev–Trinajstić information content (AvgIpc) is 3.54. The molecule has 0 saturated carbocycles. The molecule has 4 nitrogen and oxygen atoms in total. The summed E-state index contributed by atoms with van der Waals surface area (Å²) in [5.41, 5.74) is 12.8. The largest absolute Gasteiger partial charge is 0.295 e. The van der Waals surface area contributed by atoms with Gasteiger partial charge in [0.05, 0.1) is 11.5 Å². The van der Waals surface area contributed by atoms with Crippen molar-refractivity contribution in [3.8, 4) is 0 Å². The molecule has 4 heterocycles. The van der Waals surface area contributed by atoms with E-state index in [-0.39, 0.29) is 22.6 Å². The Morgan fingerprint density at radius 3 is 1.39 bits per heavy atom. The molecule has 4 aliphatic rings. The molecule has 0 radical (unpaired) electrons. The highest BCUT2D eigenvalue weighted by Gasteiger charge is 2.41. The van der Waals surface area contributed by atoms with Crippen LogP contribution in [0.25, 0.3) is 0 Å². The molecule has 0 bridgehead atoms. The van der Waals surface area contributed by atoms with Crippen molar-refractivity contribution in [2.75, 3.05) is 21.3 Å². The number of carbonyl (C=O) groups is 2. The lowest BCUT2D eigenvalue weighted by atomic mass is 9.86. The van der Waals surface area contributed by atoms with E-state index in [4.69, 9.17) is 0 Å². The molecule has 0 unspecified atom stereocenters. The van der Waals surface area contributed by atoms with Crippen LogP contribution in [-0.4, -0.2) is 23.3 Å². The molecular weight excluding hydrogens is 581 g/mol. The first-order valence-corrected chi connectivity index (χ1v) is 17.8. The minimum Gasteiger partial charge on any atom is -0.295 e. The Kier molecular flexibility index (Phi) is 7.84. The fraction of sp³-hybridized carbons (Fsp3) is 0.316. The lowest BCUT2D eigenvalue weighted by molar-refractivity contribution is -0.116. The summed E-state index contributed by atoms with van der Waals surface area (Å²) in [5.74, 6) is 2.33. The zero-order chi connectivity index (χ0) is 30.5. The number of aryl methyl sites for hydroxylation is 2. The molecule has 4 aromatic rings. The SMILES string of the molecule is CC[C@@H]1c2cc(C)ccc2[C@H]2SCC(=O)N2c2ccccc21.CC[C@H]1c2cc(C)ccc2[C@@H]2SCC(=O)N2c2ccccc21. The van der Waals surface area contributed by atoms with Crippen molar-refractivity contribution in [3.63, 3.8) is 0 Å². The van der Waals surface area contributed by atoms with E-state index in [0.29, 0.717) is 23.3 Å². The van der Waals surface area contributed by atoms with Crippen molar-refractivity contribution < 1.29 is 9.59 Å². The number of thioether (sulfide) groups is 2. The Bertz CT molecular complexity index is 1640. The van der Waals surface area contributed by atoms with Crippen LogP contribution in [0.2, 0.25) is 0 Å². The molecule has 224 valence electrons. The Morgan fingerprint density at radius 2 is 0.977 bits per heavy atom. The van der Waals surface area contributed by atoms with E-state index >= 15 is 0 Å². The van der Waals surface area contributed by atoms with Gasteiger partial charge < -0.3 is 0 Å². The van der Waals surface area contributed by atoms with Gasteiger partial charge in [-0.3, -0.25) is 19.4 Å². The van der Waals surface area contributed by atoms with Gasteiger partial charge in [0, 0.05) is 23.2 Å². The Balaban J connectivity index is 0.000000142. The van der Waals surface area contributed by atoms with Crippen LogP contribution >= 0.6 is 23.5 Å². The van der Waals surface area contributed by atoms with Gasteiger partial charge in [-0.2, -0.15) is 0 Å². The molecule has 0 N–H and O–H groups in total. The molecule has 0 aliphatic carbocycles. The molecular formula is C38H38N2O2S2. The quantitative estimate of drug-likeness (QED) is 0.225. The molecule has 4 aromatic carbocycles. The van der Waals surface area contributed by atoms with Gasteiger partial charge in [0.15, 0.2) is 0 Å². The van der Waals surface area contributed by atoms with Gasteiger partial charge in [-0.1, -0.05) is 97.8 Å². The molecule has 4 atom stereocenters. The maximum Gasteiger partial charge on any atom is 0.238 e. The van der Waals surface area contributed by atoms with Crippen LogP contribution < -0.4 is 9.80 Å². The number of benzene rings is 4. The number of nitrogens with zero attached hydrogens (tertiary/aromatic N) is 2. The molecule has 6 heteroatoms. The maximum absolute atomic E-state index is 12.5. The number of anilines is 2. The first-order valence-electron chi connectivity index (χ1n) is 15.7. The van der Waals surface area contributed by atoms with Crippen molar-refractivity contribution in [2.45, 2.75) is 63.1 Å². The lowest BCUT2D eigenvalue weighted by Gasteiger charge is -2.24. The summed E-state index contributed by atoms with van der Waals surface area (Å²) in [4.78, 5) is 29.0. The molecule has 0 spiro atoms. The second-order valence-electron chi connectivity index (χ2n) is 12.2. The van der Waals surface area contributed by atoms with E-state index in [9.17, 15) is 9.59 Å². The van der Waals surface area contributed by atoms with E-state index in [1.165, 1.54) is 44.5 Å². The third-order valence-electron chi connectivity index (χ3n) is 9.46. The second-order valence-corrected chi connectivity index (χ2v) is 14.3. The number of carbonyl (C=O) groups excluding carboxylic acids is 2. The summed E-state index contributed by atoms with van der Waals surface area (Å²) in [6, 6.07) is 30.3. The first kappa shape index (κ1) is 29.2.